The second kappa shape index (κ2) is 9.29. The van der Waals surface area contributed by atoms with Crippen molar-refractivity contribution in [3.05, 3.63) is 28.8 Å². The van der Waals surface area contributed by atoms with Crippen LogP contribution in [-0.2, 0) is 4.79 Å². The fourth-order valence-electron chi connectivity index (χ4n) is 4.59. The molecule has 2 atom stereocenters. The van der Waals surface area contributed by atoms with E-state index in [-0.39, 0.29) is 5.92 Å². The van der Waals surface area contributed by atoms with Gasteiger partial charge in [-0.1, -0.05) is 31.5 Å². The molecule has 2 aliphatic heterocycles. The zero-order valence-electron chi connectivity index (χ0n) is 17.0. The maximum Gasteiger partial charge on any atom is 0.225 e. The van der Waals surface area contributed by atoms with Crippen molar-refractivity contribution in [3.8, 4) is 0 Å². The molecule has 3 rings (SSSR count). The molecule has 2 saturated heterocycles. The van der Waals surface area contributed by atoms with Crippen LogP contribution in [0.15, 0.2) is 18.2 Å². The summed E-state index contributed by atoms with van der Waals surface area (Å²) in [4.78, 5) is 17.3. The lowest BCUT2D eigenvalue weighted by Gasteiger charge is -2.24. The summed E-state index contributed by atoms with van der Waals surface area (Å²) in [6.45, 7) is 12.6. The van der Waals surface area contributed by atoms with E-state index in [9.17, 15) is 4.79 Å². The van der Waals surface area contributed by atoms with E-state index >= 15 is 0 Å². The number of amides is 1. The predicted molar refractivity (Wildman–Crippen MR) is 113 cm³/mol. The zero-order valence-corrected chi connectivity index (χ0v) is 17.8. The number of rotatable bonds is 8. The van der Waals surface area contributed by atoms with Crippen molar-refractivity contribution in [1.82, 2.24) is 9.80 Å². The Balaban J connectivity index is 1.37. The van der Waals surface area contributed by atoms with Crippen LogP contribution in [0, 0.1) is 24.7 Å². The van der Waals surface area contributed by atoms with Gasteiger partial charge in [-0.25, -0.2) is 0 Å². The number of carbonyl (C=O) groups is 1. The molecule has 2 heterocycles. The molecule has 2 fully saturated rings. The van der Waals surface area contributed by atoms with E-state index in [1.807, 2.05) is 13.0 Å². The van der Waals surface area contributed by atoms with Crippen LogP contribution in [0.25, 0.3) is 0 Å². The summed E-state index contributed by atoms with van der Waals surface area (Å²) < 4.78 is 0. The highest BCUT2D eigenvalue weighted by atomic mass is 35.5. The standard InChI is InChI=1S/C22H34ClN3O/c1-4-17(5-2)22(27)26-14-18-12-25(13-19(18)15-26)10-6-9-24-20-8-7-16(3)21(23)11-20/h7-8,11,17-19,24H,4-6,9-10,12-15H2,1-3H3. The van der Waals surface area contributed by atoms with Gasteiger partial charge in [0.15, 0.2) is 0 Å². The van der Waals surface area contributed by atoms with Crippen molar-refractivity contribution >= 4 is 23.2 Å². The molecule has 4 nitrogen and oxygen atoms in total. The minimum Gasteiger partial charge on any atom is -0.385 e. The number of fused-ring (bicyclic) bond motifs is 1. The Bertz CT molecular complexity index is 632. The Labute approximate surface area is 169 Å². The maximum absolute atomic E-state index is 12.6. The Morgan fingerprint density at radius 1 is 1.19 bits per heavy atom. The molecular weight excluding hydrogens is 358 g/mol. The molecule has 0 radical (unpaired) electrons. The van der Waals surface area contributed by atoms with Gasteiger partial charge in [0.1, 0.15) is 0 Å². The number of anilines is 1. The van der Waals surface area contributed by atoms with Gasteiger partial charge in [-0.3, -0.25) is 4.79 Å². The predicted octanol–water partition coefficient (Wildman–Crippen LogP) is 4.28. The molecule has 2 unspecified atom stereocenters. The number of hydrogen-bond donors (Lipinski definition) is 1. The molecule has 1 aromatic carbocycles. The summed E-state index contributed by atoms with van der Waals surface area (Å²) >= 11 is 6.18. The minimum absolute atomic E-state index is 0.223. The van der Waals surface area contributed by atoms with E-state index in [0.29, 0.717) is 17.7 Å². The monoisotopic (exact) mass is 391 g/mol. The van der Waals surface area contributed by atoms with Crippen LogP contribution in [0.2, 0.25) is 5.02 Å². The van der Waals surface area contributed by atoms with Gasteiger partial charge in [0, 0.05) is 49.4 Å². The third-order valence-electron chi connectivity index (χ3n) is 6.36. The summed E-state index contributed by atoms with van der Waals surface area (Å²) in [5.74, 6) is 1.96. The van der Waals surface area contributed by atoms with Gasteiger partial charge in [0.2, 0.25) is 5.91 Å². The zero-order chi connectivity index (χ0) is 19.4. The van der Waals surface area contributed by atoms with Crippen LogP contribution in [0.3, 0.4) is 0 Å². The number of benzene rings is 1. The molecule has 1 N–H and O–H groups in total. The Hall–Kier alpha value is -1.26. The number of aryl methyl sites for hydroxylation is 1. The number of carbonyl (C=O) groups excluding carboxylic acids is 1. The average Bonchev–Trinajstić information content (AvgIpc) is 3.21. The van der Waals surface area contributed by atoms with Crippen molar-refractivity contribution in [2.24, 2.45) is 17.8 Å². The first-order valence-electron chi connectivity index (χ1n) is 10.5. The fraction of sp³-hybridized carbons (Fsp3) is 0.682. The number of nitrogens with zero attached hydrogens (tertiary/aromatic N) is 2. The van der Waals surface area contributed by atoms with Crippen LogP contribution < -0.4 is 5.32 Å². The van der Waals surface area contributed by atoms with Crippen LogP contribution in [-0.4, -0.2) is 55.0 Å². The van der Waals surface area contributed by atoms with Crippen LogP contribution in [0.5, 0.6) is 0 Å². The quantitative estimate of drug-likeness (QED) is 0.672. The molecule has 150 valence electrons. The van der Waals surface area contributed by atoms with E-state index in [1.165, 1.54) is 0 Å². The summed E-state index contributed by atoms with van der Waals surface area (Å²) in [7, 11) is 0. The SMILES string of the molecule is CCC(CC)C(=O)N1CC2CN(CCCNc3ccc(C)c(Cl)c3)CC2C1. The first-order valence-corrected chi connectivity index (χ1v) is 10.9. The van der Waals surface area contributed by atoms with Crippen LogP contribution >= 0.6 is 11.6 Å². The van der Waals surface area contributed by atoms with Gasteiger partial charge < -0.3 is 15.1 Å². The molecule has 0 saturated carbocycles. The fourth-order valence-corrected chi connectivity index (χ4v) is 4.77. The lowest BCUT2D eigenvalue weighted by molar-refractivity contribution is -0.135. The minimum atomic E-state index is 0.223. The lowest BCUT2D eigenvalue weighted by Crippen LogP contribution is -2.37. The third kappa shape index (κ3) is 4.97. The van der Waals surface area contributed by atoms with Crippen LogP contribution in [0.1, 0.15) is 38.7 Å². The molecule has 0 aliphatic carbocycles. The van der Waals surface area contributed by atoms with Crippen molar-refractivity contribution in [3.63, 3.8) is 0 Å². The largest absolute Gasteiger partial charge is 0.385 e. The molecule has 0 bridgehead atoms. The molecular formula is C22H34ClN3O. The molecule has 1 amide bonds. The molecule has 2 aliphatic rings. The number of hydrogen-bond acceptors (Lipinski definition) is 3. The third-order valence-corrected chi connectivity index (χ3v) is 6.77. The highest BCUT2D eigenvalue weighted by Crippen LogP contribution is 2.32. The number of halogens is 1. The first-order chi connectivity index (χ1) is 13.0. The molecule has 5 heteroatoms. The van der Waals surface area contributed by atoms with E-state index in [2.05, 4.69) is 41.1 Å². The van der Waals surface area contributed by atoms with Crippen molar-refractivity contribution in [1.29, 1.82) is 0 Å². The van der Waals surface area contributed by atoms with Crippen molar-refractivity contribution in [2.75, 3.05) is 44.6 Å². The maximum atomic E-state index is 12.6. The van der Waals surface area contributed by atoms with Crippen molar-refractivity contribution < 1.29 is 4.79 Å². The first kappa shape index (κ1) is 20.5. The average molecular weight is 392 g/mol. The van der Waals surface area contributed by atoms with E-state index in [1.54, 1.807) is 0 Å². The summed E-state index contributed by atoms with van der Waals surface area (Å²) in [5.41, 5.74) is 2.21. The second-order valence-corrected chi connectivity index (χ2v) is 8.69. The van der Waals surface area contributed by atoms with Gasteiger partial charge in [-0.2, -0.15) is 0 Å². The Kier molecular flexibility index (Phi) is 7.04. The smallest absolute Gasteiger partial charge is 0.225 e. The number of nitrogens with one attached hydrogen (secondary N) is 1. The van der Waals surface area contributed by atoms with Crippen LogP contribution in [0.4, 0.5) is 5.69 Å². The highest BCUT2D eigenvalue weighted by molar-refractivity contribution is 6.31. The second-order valence-electron chi connectivity index (χ2n) is 8.28. The van der Waals surface area contributed by atoms with Crippen molar-refractivity contribution in [2.45, 2.75) is 40.0 Å². The topological polar surface area (TPSA) is 35.6 Å². The van der Waals surface area contributed by atoms with E-state index in [0.717, 1.165) is 74.8 Å². The summed E-state index contributed by atoms with van der Waals surface area (Å²) in [5, 5.41) is 4.29. The lowest BCUT2D eigenvalue weighted by atomic mass is 10.0. The Morgan fingerprint density at radius 3 is 2.44 bits per heavy atom. The normalized spacial score (nSPS) is 22.5. The molecule has 27 heavy (non-hydrogen) atoms. The number of likely N-dealkylation sites (tertiary alicyclic amines) is 2. The van der Waals surface area contributed by atoms with E-state index in [4.69, 9.17) is 11.6 Å². The van der Waals surface area contributed by atoms with Gasteiger partial charge in [0.25, 0.3) is 0 Å². The summed E-state index contributed by atoms with van der Waals surface area (Å²) in [6, 6.07) is 6.15. The highest BCUT2D eigenvalue weighted by Gasteiger charge is 2.41. The molecule has 0 aromatic heterocycles. The van der Waals surface area contributed by atoms with Gasteiger partial charge in [-0.15, -0.1) is 0 Å². The van der Waals surface area contributed by atoms with Gasteiger partial charge in [0.05, 0.1) is 0 Å². The van der Waals surface area contributed by atoms with Gasteiger partial charge in [-0.05, 0) is 62.3 Å². The van der Waals surface area contributed by atoms with Gasteiger partial charge >= 0.3 is 0 Å². The molecule has 1 aromatic rings. The summed E-state index contributed by atoms with van der Waals surface area (Å²) in [6.07, 6.45) is 3.06. The van der Waals surface area contributed by atoms with E-state index < -0.39 is 0 Å². The molecule has 0 spiro atoms. The Morgan fingerprint density at radius 2 is 1.85 bits per heavy atom.